The van der Waals surface area contributed by atoms with Crippen LogP contribution in [0.5, 0.6) is 0 Å². The maximum Gasteiger partial charge on any atom is 0.0630 e. The van der Waals surface area contributed by atoms with Crippen LogP contribution in [-0.4, -0.2) is 50.8 Å². The Morgan fingerprint density at radius 1 is 1.22 bits per heavy atom. The molecule has 108 valence electrons. The predicted molar refractivity (Wildman–Crippen MR) is 78.0 cm³/mol. The zero-order valence-electron chi connectivity index (χ0n) is 12.7. The van der Waals surface area contributed by atoms with Crippen molar-refractivity contribution in [2.45, 2.75) is 46.1 Å². The first-order valence-corrected chi connectivity index (χ1v) is 7.61. The van der Waals surface area contributed by atoms with E-state index in [-0.39, 0.29) is 0 Å². The van der Waals surface area contributed by atoms with Crippen LogP contribution in [0.15, 0.2) is 0 Å². The molecule has 1 N–H and O–H groups in total. The molecule has 1 heterocycles. The van der Waals surface area contributed by atoms with Crippen molar-refractivity contribution >= 4 is 0 Å². The number of piperidine rings is 1. The summed E-state index contributed by atoms with van der Waals surface area (Å²) >= 11 is 0. The third-order valence-electron chi connectivity index (χ3n) is 4.03. The second-order valence-electron chi connectivity index (χ2n) is 6.05. The predicted octanol–water partition coefficient (Wildman–Crippen LogP) is 2.37. The number of rotatable bonds is 8. The van der Waals surface area contributed by atoms with Crippen LogP contribution >= 0.6 is 0 Å². The first kappa shape index (κ1) is 15.9. The fraction of sp³-hybridized carbons (Fsp3) is 1.00. The van der Waals surface area contributed by atoms with Crippen molar-refractivity contribution in [1.82, 2.24) is 10.2 Å². The Labute approximate surface area is 113 Å². The molecule has 1 fully saturated rings. The largest absolute Gasteiger partial charge is 0.383 e. The number of nitrogens with one attached hydrogen (secondary N) is 1. The molecule has 0 aromatic carbocycles. The van der Waals surface area contributed by atoms with Gasteiger partial charge in [0.1, 0.15) is 0 Å². The zero-order valence-corrected chi connectivity index (χ0v) is 12.7. The summed E-state index contributed by atoms with van der Waals surface area (Å²) in [5.41, 5.74) is 0. The topological polar surface area (TPSA) is 24.5 Å². The van der Waals surface area contributed by atoms with Crippen molar-refractivity contribution in [2.75, 3.05) is 39.9 Å². The molecule has 1 rings (SSSR count). The molecule has 0 aromatic rings. The van der Waals surface area contributed by atoms with E-state index in [1.807, 2.05) is 7.11 Å². The molecule has 1 aliphatic rings. The first-order valence-electron chi connectivity index (χ1n) is 7.61. The van der Waals surface area contributed by atoms with Gasteiger partial charge in [-0.1, -0.05) is 27.2 Å². The number of ether oxygens (including phenoxy) is 1. The normalized spacial score (nSPS) is 20.5. The van der Waals surface area contributed by atoms with Crippen molar-refractivity contribution in [1.29, 1.82) is 0 Å². The van der Waals surface area contributed by atoms with Crippen LogP contribution in [0.25, 0.3) is 0 Å². The molecule has 1 atom stereocenters. The molecule has 1 aliphatic heterocycles. The lowest BCUT2D eigenvalue weighted by atomic mass is 9.93. The highest BCUT2D eigenvalue weighted by Crippen LogP contribution is 2.21. The second-order valence-corrected chi connectivity index (χ2v) is 6.05. The summed E-state index contributed by atoms with van der Waals surface area (Å²) in [6.45, 7) is 12.3. The van der Waals surface area contributed by atoms with Crippen LogP contribution in [-0.2, 0) is 4.74 Å². The van der Waals surface area contributed by atoms with E-state index in [2.05, 4.69) is 31.0 Å². The minimum absolute atomic E-state index is 0.548. The van der Waals surface area contributed by atoms with Crippen LogP contribution in [0.2, 0.25) is 0 Å². The Kier molecular flexibility index (Phi) is 7.87. The molecule has 3 heteroatoms. The van der Waals surface area contributed by atoms with Crippen LogP contribution in [0.1, 0.15) is 40.0 Å². The van der Waals surface area contributed by atoms with Gasteiger partial charge < -0.3 is 10.1 Å². The molecular weight excluding hydrogens is 224 g/mol. The van der Waals surface area contributed by atoms with E-state index in [0.29, 0.717) is 6.04 Å². The second kappa shape index (κ2) is 8.89. The minimum Gasteiger partial charge on any atom is -0.383 e. The molecule has 0 saturated carbocycles. The average Bonchev–Trinajstić information content (AvgIpc) is 2.37. The molecule has 0 amide bonds. The smallest absolute Gasteiger partial charge is 0.0630 e. The molecule has 0 radical (unpaired) electrons. The van der Waals surface area contributed by atoms with E-state index >= 15 is 0 Å². The minimum atomic E-state index is 0.548. The molecule has 0 aliphatic carbocycles. The van der Waals surface area contributed by atoms with Crippen LogP contribution in [0, 0.1) is 11.8 Å². The Bertz CT molecular complexity index is 201. The zero-order chi connectivity index (χ0) is 13.4. The van der Waals surface area contributed by atoms with Crippen LogP contribution in [0.3, 0.4) is 0 Å². The van der Waals surface area contributed by atoms with E-state index in [4.69, 9.17) is 4.74 Å². The van der Waals surface area contributed by atoms with Crippen LogP contribution < -0.4 is 5.32 Å². The Morgan fingerprint density at radius 3 is 2.39 bits per heavy atom. The molecule has 18 heavy (non-hydrogen) atoms. The highest BCUT2D eigenvalue weighted by molar-refractivity contribution is 4.79. The standard InChI is InChI=1S/C15H32N2O/c1-5-14-6-8-17(9-7-14)15(12-18-4)11-16-10-13(2)3/h13-16H,5-12H2,1-4H3. The fourth-order valence-corrected chi connectivity index (χ4v) is 2.75. The lowest BCUT2D eigenvalue weighted by Gasteiger charge is -2.37. The van der Waals surface area contributed by atoms with Gasteiger partial charge in [0, 0.05) is 19.7 Å². The van der Waals surface area contributed by atoms with Crippen LogP contribution in [0.4, 0.5) is 0 Å². The number of methoxy groups -OCH3 is 1. The van der Waals surface area contributed by atoms with E-state index < -0.39 is 0 Å². The average molecular weight is 256 g/mol. The summed E-state index contributed by atoms with van der Waals surface area (Å²) in [5, 5.41) is 3.57. The van der Waals surface area contributed by atoms with Gasteiger partial charge in [0.15, 0.2) is 0 Å². The summed E-state index contributed by atoms with van der Waals surface area (Å²) in [6, 6.07) is 0.548. The van der Waals surface area contributed by atoms with Crippen molar-refractivity contribution in [3.63, 3.8) is 0 Å². The van der Waals surface area contributed by atoms with Crippen molar-refractivity contribution in [2.24, 2.45) is 11.8 Å². The molecule has 0 spiro atoms. The number of hydrogen-bond donors (Lipinski definition) is 1. The van der Waals surface area contributed by atoms with Crippen molar-refractivity contribution in [3.05, 3.63) is 0 Å². The number of likely N-dealkylation sites (tertiary alicyclic amines) is 1. The molecule has 1 unspecified atom stereocenters. The van der Waals surface area contributed by atoms with Gasteiger partial charge in [-0.15, -0.1) is 0 Å². The summed E-state index contributed by atoms with van der Waals surface area (Å²) in [5.74, 6) is 1.67. The van der Waals surface area contributed by atoms with E-state index in [1.54, 1.807) is 0 Å². The molecule has 1 saturated heterocycles. The lowest BCUT2D eigenvalue weighted by molar-refractivity contribution is 0.0636. The molecule has 0 bridgehead atoms. The van der Waals surface area contributed by atoms with Gasteiger partial charge in [-0.3, -0.25) is 4.90 Å². The summed E-state index contributed by atoms with van der Waals surface area (Å²) < 4.78 is 5.39. The van der Waals surface area contributed by atoms with Crippen molar-refractivity contribution < 1.29 is 4.74 Å². The molecular formula is C15H32N2O. The third-order valence-corrected chi connectivity index (χ3v) is 4.03. The Morgan fingerprint density at radius 2 is 1.89 bits per heavy atom. The summed E-state index contributed by atoms with van der Waals surface area (Å²) in [7, 11) is 1.81. The SMILES string of the molecule is CCC1CCN(C(CNCC(C)C)COC)CC1. The van der Waals surface area contributed by atoms with E-state index in [0.717, 1.165) is 31.5 Å². The number of hydrogen-bond acceptors (Lipinski definition) is 3. The summed E-state index contributed by atoms with van der Waals surface area (Å²) in [6.07, 6.45) is 4.07. The van der Waals surface area contributed by atoms with Gasteiger partial charge in [0.05, 0.1) is 6.61 Å². The van der Waals surface area contributed by atoms with Gasteiger partial charge >= 0.3 is 0 Å². The van der Waals surface area contributed by atoms with E-state index in [1.165, 1.54) is 32.4 Å². The third kappa shape index (κ3) is 5.68. The number of nitrogens with zero attached hydrogens (tertiary/aromatic N) is 1. The fourth-order valence-electron chi connectivity index (χ4n) is 2.75. The van der Waals surface area contributed by atoms with Crippen molar-refractivity contribution in [3.8, 4) is 0 Å². The van der Waals surface area contributed by atoms with Gasteiger partial charge in [-0.2, -0.15) is 0 Å². The quantitative estimate of drug-likeness (QED) is 0.721. The highest BCUT2D eigenvalue weighted by atomic mass is 16.5. The maximum absolute atomic E-state index is 5.39. The van der Waals surface area contributed by atoms with Gasteiger partial charge in [-0.25, -0.2) is 0 Å². The van der Waals surface area contributed by atoms with Gasteiger partial charge in [0.2, 0.25) is 0 Å². The molecule has 0 aromatic heterocycles. The van der Waals surface area contributed by atoms with E-state index in [9.17, 15) is 0 Å². The highest BCUT2D eigenvalue weighted by Gasteiger charge is 2.23. The maximum atomic E-state index is 5.39. The lowest BCUT2D eigenvalue weighted by Crippen LogP contribution is -2.49. The Balaban J connectivity index is 2.32. The first-order chi connectivity index (χ1) is 8.67. The van der Waals surface area contributed by atoms with Gasteiger partial charge in [-0.05, 0) is 44.3 Å². The summed E-state index contributed by atoms with van der Waals surface area (Å²) in [4.78, 5) is 2.61. The Hall–Kier alpha value is -0.120. The molecule has 3 nitrogen and oxygen atoms in total. The van der Waals surface area contributed by atoms with Gasteiger partial charge in [0.25, 0.3) is 0 Å². The monoisotopic (exact) mass is 256 g/mol.